The predicted octanol–water partition coefficient (Wildman–Crippen LogP) is 5.78. The highest BCUT2D eigenvalue weighted by molar-refractivity contribution is 7.71. The molecule has 0 radical (unpaired) electrons. The van der Waals surface area contributed by atoms with Crippen molar-refractivity contribution in [3.8, 4) is 0 Å². The molecule has 1 fully saturated rings. The minimum absolute atomic E-state index is 0.158. The molecule has 0 atom stereocenters. The zero-order valence-corrected chi connectivity index (χ0v) is 12.9. The van der Waals surface area contributed by atoms with Crippen molar-refractivity contribution < 1.29 is 4.39 Å². The lowest BCUT2D eigenvalue weighted by molar-refractivity contribution is 0.376. The molecule has 1 saturated carbocycles. The Kier molecular flexibility index (Phi) is 4.13. The molecule has 2 nitrogen and oxygen atoms in total. The van der Waals surface area contributed by atoms with Crippen molar-refractivity contribution in [3.63, 3.8) is 0 Å². The Morgan fingerprint density at radius 1 is 1.15 bits per heavy atom. The predicted molar refractivity (Wildman–Crippen MR) is 83.4 cm³/mol. The Morgan fingerprint density at radius 2 is 1.80 bits per heavy atom. The molecule has 1 aromatic heterocycles. The van der Waals surface area contributed by atoms with E-state index in [0.29, 0.717) is 10.8 Å². The molecule has 1 heterocycles. The molecule has 20 heavy (non-hydrogen) atoms. The van der Waals surface area contributed by atoms with Gasteiger partial charge in [-0.25, -0.2) is 4.39 Å². The summed E-state index contributed by atoms with van der Waals surface area (Å²) in [5.41, 5.74) is 1.66. The molecule has 0 saturated heterocycles. The van der Waals surface area contributed by atoms with Crippen molar-refractivity contribution in [1.82, 2.24) is 9.55 Å². The summed E-state index contributed by atoms with van der Waals surface area (Å²) in [6, 6.07) is 3.53. The first kappa shape index (κ1) is 14.1. The van der Waals surface area contributed by atoms with Gasteiger partial charge in [-0.05, 0) is 31.1 Å². The van der Waals surface area contributed by atoms with Crippen LogP contribution in [-0.2, 0) is 0 Å². The summed E-state index contributed by atoms with van der Waals surface area (Å²) in [6.07, 6.45) is 8.65. The van der Waals surface area contributed by atoms with Gasteiger partial charge in [-0.1, -0.05) is 43.7 Å². The topological polar surface area (TPSA) is 20.7 Å². The third-order valence-corrected chi connectivity index (χ3v) is 4.79. The molecule has 5 heteroatoms. The number of rotatable bonds is 1. The van der Waals surface area contributed by atoms with Gasteiger partial charge in [0.25, 0.3) is 0 Å². The maximum absolute atomic E-state index is 13.6. The average Bonchev–Trinajstić information content (AvgIpc) is 2.66. The van der Waals surface area contributed by atoms with E-state index in [9.17, 15) is 4.39 Å². The van der Waals surface area contributed by atoms with Gasteiger partial charge in [-0.15, -0.1) is 0 Å². The smallest absolute Gasteiger partial charge is 0.178 e. The highest BCUT2D eigenvalue weighted by atomic mass is 35.5. The average molecular weight is 313 g/mol. The number of H-pyrrole nitrogens is 1. The quantitative estimate of drug-likeness (QED) is 0.662. The summed E-state index contributed by atoms with van der Waals surface area (Å²) in [4.78, 5) is 3.11. The van der Waals surface area contributed by atoms with E-state index in [0.717, 1.165) is 23.9 Å². The molecule has 3 rings (SSSR count). The van der Waals surface area contributed by atoms with Gasteiger partial charge < -0.3 is 9.55 Å². The van der Waals surface area contributed by atoms with E-state index in [1.54, 1.807) is 6.07 Å². The van der Waals surface area contributed by atoms with Gasteiger partial charge in [0, 0.05) is 12.1 Å². The van der Waals surface area contributed by atoms with Crippen LogP contribution in [0.4, 0.5) is 4.39 Å². The second kappa shape index (κ2) is 5.86. The van der Waals surface area contributed by atoms with E-state index >= 15 is 0 Å². The van der Waals surface area contributed by atoms with E-state index in [4.69, 9.17) is 23.8 Å². The third-order valence-electron chi connectivity index (χ3n) is 4.20. The molecule has 1 aliphatic carbocycles. The summed E-state index contributed by atoms with van der Waals surface area (Å²) in [5.74, 6) is -0.403. The van der Waals surface area contributed by atoms with Crippen molar-refractivity contribution in [2.45, 2.75) is 51.0 Å². The normalized spacial score (nSPS) is 18.1. The highest BCUT2D eigenvalue weighted by Crippen LogP contribution is 2.31. The van der Waals surface area contributed by atoms with Crippen LogP contribution in [-0.4, -0.2) is 9.55 Å². The maximum atomic E-state index is 13.6. The van der Waals surface area contributed by atoms with Crippen molar-refractivity contribution in [2.75, 3.05) is 0 Å². The van der Waals surface area contributed by atoms with Crippen LogP contribution in [0.15, 0.2) is 12.1 Å². The molecular weight excluding hydrogens is 295 g/mol. The van der Waals surface area contributed by atoms with Gasteiger partial charge in [0.2, 0.25) is 0 Å². The zero-order valence-electron chi connectivity index (χ0n) is 11.3. The lowest BCUT2D eigenvalue weighted by Gasteiger charge is -2.22. The van der Waals surface area contributed by atoms with E-state index in [1.807, 2.05) is 0 Å². The van der Waals surface area contributed by atoms with Crippen LogP contribution >= 0.6 is 23.8 Å². The van der Waals surface area contributed by atoms with Gasteiger partial charge in [-0.2, -0.15) is 0 Å². The SMILES string of the molecule is Fc1cc2[nH]c(=S)n(C3CCCCCCC3)c2cc1Cl. The standard InChI is InChI=1S/C15H18ClFN2S/c16-11-8-14-13(9-12(11)17)18-15(20)19(14)10-6-4-2-1-3-5-7-10/h8-10H,1-7H2,(H,18,20). The van der Waals surface area contributed by atoms with Crippen molar-refractivity contribution in [2.24, 2.45) is 0 Å². The van der Waals surface area contributed by atoms with Crippen LogP contribution in [0.2, 0.25) is 5.02 Å². The molecule has 0 aliphatic heterocycles. The van der Waals surface area contributed by atoms with E-state index < -0.39 is 5.82 Å². The van der Waals surface area contributed by atoms with Crippen molar-refractivity contribution in [1.29, 1.82) is 0 Å². The number of benzene rings is 1. The second-order valence-electron chi connectivity index (χ2n) is 5.58. The van der Waals surface area contributed by atoms with Crippen LogP contribution in [0.5, 0.6) is 0 Å². The van der Waals surface area contributed by atoms with Crippen LogP contribution < -0.4 is 0 Å². The molecule has 0 bridgehead atoms. The molecule has 0 spiro atoms. The highest BCUT2D eigenvalue weighted by Gasteiger charge is 2.18. The summed E-state index contributed by atoms with van der Waals surface area (Å²) in [5, 5.41) is 0.158. The molecule has 0 amide bonds. The minimum atomic E-state index is -0.403. The Labute approximate surface area is 127 Å². The minimum Gasteiger partial charge on any atom is -0.330 e. The second-order valence-corrected chi connectivity index (χ2v) is 6.38. The van der Waals surface area contributed by atoms with Crippen LogP contribution in [0.25, 0.3) is 11.0 Å². The Bertz CT molecular complexity index is 668. The molecule has 1 aromatic carbocycles. The van der Waals surface area contributed by atoms with Crippen LogP contribution in [0.3, 0.4) is 0 Å². The number of hydrogen-bond acceptors (Lipinski definition) is 1. The van der Waals surface area contributed by atoms with Gasteiger partial charge in [0.15, 0.2) is 4.77 Å². The number of nitrogens with zero attached hydrogens (tertiary/aromatic N) is 1. The van der Waals surface area contributed by atoms with E-state index in [-0.39, 0.29) is 5.02 Å². The number of aromatic nitrogens is 2. The Hall–Kier alpha value is -0.870. The number of nitrogens with one attached hydrogen (secondary N) is 1. The summed E-state index contributed by atoms with van der Waals surface area (Å²) in [7, 11) is 0. The van der Waals surface area contributed by atoms with Gasteiger partial charge in [0.05, 0.1) is 16.1 Å². The first-order valence-corrected chi connectivity index (χ1v) is 8.04. The van der Waals surface area contributed by atoms with Crippen LogP contribution in [0, 0.1) is 10.6 Å². The number of imidazole rings is 1. The maximum Gasteiger partial charge on any atom is 0.178 e. The summed E-state index contributed by atoms with van der Waals surface area (Å²) >= 11 is 11.4. The fourth-order valence-corrected chi connectivity index (χ4v) is 3.69. The van der Waals surface area contributed by atoms with Crippen LogP contribution in [0.1, 0.15) is 51.0 Å². The lowest BCUT2D eigenvalue weighted by Crippen LogP contribution is -2.11. The van der Waals surface area contributed by atoms with E-state index in [2.05, 4.69) is 9.55 Å². The summed E-state index contributed by atoms with van der Waals surface area (Å²) < 4.78 is 16.4. The molecule has 2 aromatic rings. The fraction of sp³-hybridized carbons (Fsp3) is 0.533. The Balaban J connectivity index is 2.07. The van der Waals surface area contributed by atoms with Gasteiger partial charge in [0.1, 0.15) is 5.82 Å². The van der Waals surface area contributed by atoms with Crippen molar-refractivity contribution in [3.05, 3.63) is 27.7 Å². The zero-order chi connectivity index (χ0) is 14.1. The first-order chi connectivity index (χ1) is 9.66. The molecule has 1 N–H and O–H groups in total. The first-order valence-electron chi connectivity index (χ1n) is 7.26. The number of halogens is 2. The van der Waals surface area contributed by atoms with E-state index in [1.165, 1.54) is 38.2 Å². The molecular formula is C15H18ClFN2S. The fourth-order valence-electron chi connectivity index (χ4n) is 3.18. The number of aromatic amines is 1. The largest absolute Gasteiger partial charge is 0.330 e. The molecule has 0 unspecified atom stereocenters. The summed E-state index contributed by atoms with van der Waals surface area (Å²) in [6.45, 7) is 0. The number of hydrogen-bond donors (Lipinski definition) is 1. The van der Waals surface area contributed by atoms with Crippen molar-refractivity contribution >= 4 is 34.9 Å². The monoisotopic (exact) mass is 312 g/mol. The molecule has 1 aliphatic rings. The van der Waals surface area contributed by atoms with Gasteiger partial charge >= 0.3 is 0 Å². The molecule has 108 valence electrons. The third kappa shape index (κ3) is 2.63. The number of fused-ring (bicyclic) bond motifs is 1. The van der Waals surface area contributed by atoms with Gasteiger partial charge in [-0.3, -0.25) is 0 Å². The lowest BCUT2D eigenvalue weighted by atomic mass is 9.96. The Morgan fingerprint density at radius 3 is 2.50 bits per heavy atom.